The predicted octanol–water partition coefficient (Wildman–Crippen LogP) is 3.40. The fourth-order valence-electron chi connectivity index (χ4n) is 4.01. The number of aromatic nitrogens is 5. The molecule has 3 aromatic heterocycles. The second kappa shape index (κ2) is 14.6. The maximum atomic E-state index is 13.6. The van der Waals surface area contributed by atoms with E-state index in [1.165, 1.54) is 17.0 Å². The van der Waals surface area contributed by atoms with Crippen LogP contribution in [0, 0.1) is 13.8 Å². The number of rotatable bonds is 8. The summed E-state index contributed by atoms with van der Waals surface area (Å²) in [5, 5.41) is 24.5. The van der Waals surface area contributed by atoms with Gasteiger partial charge in [-0.05, 0) is 80.1 Å². The molecular formula is C32H24F3N7O5-2. The number of imidazole rings is 1. The molecule has 5 aromatic rings. The molecule has 2 aromatic carbocycles. The molecule has 3 heterocycles. The number of carboxylic acids is 2. The number of anilines is 3. The first-order chi connectivity index (χ1) is 22.3. The number of carboxylic acid groups (broad SMARTS) is 2. The lowest BCUT2D eigenvalue weighted by atomic mass is 10.1. The van der Waals surface area contributed by atoms with E-state index in [1.54, 1.807) is 62.0 Å². The average Bonchev–Trinajstić information content (AvgIpc) is 3.47. The Morgan fingerprint density at radius 3 is 2.28 bits per heavy atom. The van der Waals surface area contributed by atoms with Crippen molar-refractivity contribution in [1.82, 2.24) is 24.5 Å². The Morgan fingerprint density at radius 2 is 1.66 bits per heavy atom. The summed E-state index contributed by atoms with van der Waals surface area (Å²) < 4.78 is 42.3. The average molecular weight is 644 g/mol. The minimum Gasteiger partial charge on any atom is -0.545 e. The van der Waals surface area contributed by atoms with E-state index in [9.17, 15) is 37.8 Å². The molecule has 0 atom stereocenters. The summed E-state index contributed by atoms with van der Waals surface area (Å²) in [4.78, 5) is 48.9. The zero-order valence-electron chi connectivity index (χ0n) is 24.6. The number of hydrogen-bond acceptors (Lipinski definition) is 10. The van der Waals surface area contributed by atoms with Crippen LogP contribution in [-0.4, -0.2) is 42.3 Å². The lowest BCUT2D eigenvalue weighted by molar-refractivity contribution is -0.301. The number of aryl methyl sites for hydroxylation is 2. The van der Waals surface area contributed by atoms with E-state index in [0.29, 0.717) is 35.2 Å². The minimum atomic E-state index is -4.60. The van der Waals surface area contributed by atoms with Gasteiger partial charge >= 0.3 is 6.18 Å². The van der Waals surface area contributed by atoms with Crippen LogP contribution in [0.4, 0.5) is 30.5 Å². The summed E-state index contributed by atoms with van der Waals surface area (Å²) in [6, 6.07) is 13.7. The Morgan fingerprint density at radius 1 is 0.915 bits per heavy atom. The van der Waals surface area contributed by atoms with Crippen LogP contribution in [0.1, 0.15) is 27.2 Å². The second-order valence-corrected chi connectivity index (χ2v) is 9.78. The summed E-state index contributed by atoms with van der Waals surface area (Å²) in [5.74, 6) is -3.35. The Bertz CT molecular complexity index is 1930. The number of benzene rings is 2. The monoisotopic (exact) mass is 643 g/mol. The van der Waals surface area contributed by atoms with E-state index in [0.717, 1.165) is 23.3 Å². The van der Waals surface area contributed by atoms with E-state index < -0.39 is 29.6 Å². The van der Waals surface area contributed by atoms with Gasteiger partial charge in [-0.3, -0.25) is 9.78 Å². The number of alkyl halides is 3. The van der Waals surface area contributed by atoms with Crippen molar-refractivity contribution in [3.8, 4) is 16.9 Å². The number of pyridine rings is 1. The van der Waals surface area contributed by atoms with Gasteiger partial charge in [0, 0.05) is 53.0 Å². The van der Waals surface area contributed by atoms with E-state index >= 15 is 0 Å². The maximum Gasteiger partial charge on any atom is 0.416 e. The quantitative estimate of drug-likeness (QED) is 0.238. The number of carbonyl (C=O) groups excluding carboxylic acids is 3. The van der Waals surface area contributed by atoms with Gasteiger partial charge in [0.2, 0.25) is 5.95 Å². The normalized spacial score (nSPS) is 11.0. The predicted molar refractivity (Wildman–Crippen MR) is 160 cm³/mol. The third-order valence-corrected chi connectivity index (χ3v) is 6.23. The third kappa shape index (κ3) is 9.55. The van der Waals surface area contributed by atoms with Crippen LogP contribution in [0.5, 0.6) is 0 Å². The SMILES string of the molecule is Cc1cn(-c2cc(NC(=O)c3ccc(C)c(Nc4nccc(-c5cccnc5)n4)c3)cc(C(F)(F)F)c2)cn1.O=C([O-])/C=C/C(=O)[O-]. The van der Waals surface area contributed by atoms with Crippen LogP contribution in [0.3, 0.4) is 0 Å². The summed E-state index contributed by atoms with van der Waals surface area (Å²) in [6.45, 7) is 3.58. The number of aliphatic carboxylic acids is 2. The number of amides is 1. The Hall–Kier alpha value is -6.38. The van der Waals surface area contributed by atoms with Crippen molar-refractivity contribution in [3.05, 3.63) is 120 Å². The number of hydrogen-bond donors (Lipinski definition) is 2. The van der Waals surface area contributed by atoms with E-state index in [4.69, 9.17) is 0 Å². The topological polar surface area (TPSA) is 178 Å². The molecule has 0 aliphatic heterocycles. The zero-order valence-corrected chi connectivity index (χ0v) is 24.6. The van der Waals surface area contributed by atoms with Gasteiger partial charge in [-0.1, -0.05) is 6.07 Å². The van der Waals surface area contributed by atoms with Crippen molar-refractivity contribution in [2.75, 3.05) is 10.6 Å². The summed E-state index contributed by atoms with van der Waals surface area (Å²) in [5.41, 5.74) is 3.09. The highest BCUT2D eigenvalue weighted by molar-refractivity contribution is 6.05. The lowest BCUT2D eigenvalue weighted by Gasteiger charge is -2.14. The van der Waals surface area contributed by atoms with E-state index in [2.05, 4.69) is 30.6 Å². The first-order valence-corrected chi connectivity index (χ1v) is 13.5. The first-order valence-electron chi connectivity index (χ1n) is 13.5. The van der Waals surface area contributed by atoms with Crippen molar-refractivity contribution in [2.24, 2.45) is 0 Å². The molecule has 5 rings (SSSR count). The largest absolute Gasteiger partial charge is 0.545 e. The molecule has 0 aliphatic rings. The van der Waals surface area contributed by atoms with Crippen molar-refractivity contribution in [2.45, 2.75) is 20.0 Å². The lowest BCUT2D eigenvalue weighted by Crippen LogP contribution is -2.23. The summed E-state index contributed by atoms with van der Waals surface area (Å²) >= 11 is 0. The molecule has 0 spiro atoms. The van der Waals surface area contributed by atoms with Crippen LogP contribution in [0.15, 0.2) is 97.9 Å². The zero-order chi connectivity index (χ0) is 34.1. The van der Waals surface area contributed by atoms with Crippen LogP contribution in [0.25, 0.3) is 16.9 Å². The van der Waals surface area contributed by atoms with Crippen LogP contribution in [-0.2, 0) is 15.8 Å². The molecule has 2 N–H and O–H groups in total. The fraction of sp³-hybridized carbons (Fsp3) is 0.0938. The molecule has 0 aliphatic carbocycles. The van der Waals surface area contributed by atoms with Crippen molar-refractivity contribution in [3.63, 3.8) is 0 Å². The smallest absolute Gasteiger partial charge is 0.416 e. The van der Waals surface area contributed by atoms with E-state index in [1.807, 2.05) is 13.0 Å². The minimum absolute atomic E-state index is 0.00114. The Balaban J connectivity index is 0.000000555. The molecule has 47 heavy (non-hydrogen) atoms. The van der Waals surface area contributed by atoms with Crippen LogP contribution < -0.4 is 20.8 Å². The van der Waals surface area contributed by atoms with Crippen molar-refractivity contribution >= 4 is 35.2 Å². The second-order valence-electron chi connectivity index (χ2n) is 9.78. The van der Waals surface area contributed by atoms with E-state index in [-0.39, 0.29) is 16.9 Å². The van der Waals surface area contributed by atoms with Gasteiger partial charge in [0.15, 0.2) is 0 Å². The highest BCUT2D eigenvalue weighted by atomic mass is 19.4. The number of carbonyl (C=O) groups is 3. The summed E-state index contributed by atoms with van der Waals surface area (Å²) in [7, 11) is 0. The van der Waals surface area contributed by atoms with Crippen molar-refractivity contribution in [1.29, 1.82) is 0 Å². The molecular weight excluding hydrogens is 619 g/mol. The van der Waals surface area contributed by atoms with Gasteiger partial charge in [0.25, 0.3) is 5.91 Å². The first kappa shape index (κ1) is 33.5. The third-order valence-electron chi connectivity index (χ3n) is 6.23. The number of nitrogens with one attached hydrogen (secondary N) is 2. The standard InChI is InChI=1S/C28H22F3N7O.C4H4O4/c1-17-5-6-19(10-25(17)37-27-33-9-7-24(36-27)20-4-3-8-32-14-20)26(39)35-22-11-21(28(29,30)31)12-23(13-22)38-15-18(2)34-16-38;5-3(6)1-2-4(7)8/h3-16H,1-2H3,(H,35,39)(H,33,36,37);1-2H,(H,5,6)(H,7,8)/p-2/b;2-1+. The number of halogens is 3. The highest BCUT2D eigenvalue weighted by Crippen LogP contribution is 2.33. The maximum absolute atomic E-state index is 13.6. The molecule has 12 nitrogen and oxygen atoms in total. The van der Waals surface area contributed by atoms with Crippen LogP contribution >= 0.6 is 0 Å². The molecule has 0 saturated carbocycles. The van der Waals surface area contributed by atoms with Gasteiger partial charge < -0.3 is 35.0 Å². The molecule has 0 saturated heterocycles. The van der Waals surface area contributed by atoms with Crippen molar-refractivity contribution < 1.29 is 37.8 Å². The molecule has 0 bridgehead atoms. The van der Waals surface area contributed by atoms with Gasteiger partial charge in [-0.25, -0.2) is 15.0 Å². The molecule has 0 fully saturated rings. The summed E-state index contributed by atoms with van der Waals surface area (Å²) in [6.07, 6.45) is 4.15. The van der Waals surface area contributed by atoms with Crippen LogP contribution in [0.2, 0.25) is 0 Å². The number of nitrogens with zero attached hydrogens (tertiary/aromatic N) is 5. The van der Waals surface area contributed by atoms with Gasteiger partial charge in [-0.2, -0.15) is 13.2 Å². The van der Waals surface area contributed by atoms with Gasteiger partial charge in [0.1, 0.15) is 0 Å². The Kier molecular flexibility index (Phi) is 10.4. The van der Waals surface area contributed by atoms with Gasteiger partial charge in [-0.15, -0.1) is 0 Å². The molecule has 15 heteroatoms. The molecule has 240 valence electrons. The molecule has 0 unspecified atom stereocenters. The Labute approximate surface area is 265 Å². The molecule has 0 radical (unpaired) electrons. The fourth-order valence-corrected chi connectivity index (χ4v) is 4.01. The highest BCUT2D eigenvalue weighted by Gasteiger charge is 2.31. The molecule has 1 amide bonds. The van der Waals surface area contributed by atoms with Gasteiger partial charge in [0.05, 0.1) is 35.2 Å².